The highest BCUT2D eigenvalue weighted by molar-refractivity contribution is 5.80. The molecule has 25 heavy (non-hydrogen) atoms. The van der Waals surface area contributed by atoms with Crippen LogP contribution in [0.25, 0.3) is 0 Å². The van der Waals surface area contributed by atoms with Crippen molar-refractivity contribution in [3.63, 3.8) is 0 Å². The van der Waals surface area contributed by atoms with Crippen molar-refractivity contribution in [3.8, 4) is 24.2 Å². The lowest BCUT2D eigenvalue weighted by Crippen LogP contribution is -2.21. The lowest BCUT2D eigenvalue weighted by molar-refractivity contribution is -0.138. The van der Waals surface area contributed by atoms with Crippen LogP contribution in [0.3, 0.4) is 0 Å². The lowest BCUT2D eigenvalue weighted by atomic mass is 10.0. The van der Waals surface area contributed by atoms with Gasteiger partial charge in [-0.25, -0.2) is 4.79 Å². The van der Waals surface area contributed by atoms with Crippen LogP contribution >= 0.6 is 0 Å². The SMILES string of the molecule is C#CCOc1ccc(CC)cc1C(Nc1ccc(C#N)cc1)C(=O)O. The van der Waals surface area contributed by atoms with Crippen LogP contribution in [0.5, 0.6) is 5.75 Å². The molecule has 2 aromatic carbocycles. The number of nitriles is 1. The number of aryl methyl sites for hydroxylation is 1. The van der Waals surface area contributed by atoms with Gasteiger partial charge in [0.2, 0.25) is 0 Å². The number of terminal acetylenes is 1. The molecule has 5 nitrogen and oxygen atoms in total. The first-order valence-electron chi connectivity index (χ1n) is 7.77. The maximum absolute atomic E-state index is 11.8. The van der Waals surface area contributed by atoms with Crippen LogP contribution in [0.2, 0.25) is 0 Å². The molecule has 126 valence electrons. The number of rotatable bonds is 7. The predicted molar refractivity (Wildman–Crippen MR) is 95.3 cm³/mol. The van der Waals surface area contributed by atoms with Crippen molar-refractivity contribution >= 4 is 11.7 Å². The molecule has 2 aromatic rings. The summed E-state index contributed by atoms with van der Waals surface area (Å²) in [6.07, 6.45) is 6.01. The Bertz CT molecular complexity index is 830. The second-order valence-electron chi connectivity index (χ2n) is 5.32. The van der Waals surface area contributed by atoms with Gasteiger partial charge in [0, 0.05) is 11.3 Å². The first-order chi connectivity index (χ1) is 12.1. The van der Waals surface area contributed by atoms with Crippen molar-refractivity contribution < 1.29 is 14.6 Å². The molecule has 0 aliphatic carbocycles. The van der Waals surface area contributed by atoms with E-state index in [2.05, 4.69) is 11.2 Å². The number of benzene rings is 2. The van der Waals surface area contributed by atoms with Gasteiger partial charge in [0.05, 0.1) is 11.6 Å². The number of carbonyl (C=O) groups is 1. The molecule has 0 aromatic heterocycles. The molecule has 0 saturated carbocycles. The van der Waals surface area contributed by atoms with E-state index in [4.69, 9.17) is 16.4 Å². The molecule has 0 spiro atoms. The summed E-state index contributed by atoms with van der Waals surface area (Å²) in [6, 6.07) is 13.0. The fourth-order valence-corrected chi connectivity index (χ4v) is 2.37. The van der Waals surface area contributed by atoms with E-state index >= 15 is 0 Å². The molecule has 0 heterocycles. The number of ether oxygens (including phenoxy) is 1. The summed E-state index contributed by atoms with van der Waals surface area (Å²) in [5, 5.41) is 21.5. The Balaban J connectivity index is 2.39. The van der Waals surface area contributed by atoms with Crippen LogP contribution in [0.15, 0.2) is 42.5 Å². The van der Waals surface area contributed by atoms with Crippen molar-refractivity contribution in [1.29, 1.82) is 5.26 Å². The summed E-state index contributed by atoms with van der Waals surface area (Å²) in [5.74, 6) is 1.78. The number of aliphatic carboxylic acids is 1. The van der Waals surface area contributed by atoms with Crippen LogP contribution in [-0.2, 0) is 11.2 Å². The van der Waals surface area contributed by atoms with Crippen LogP contribution in [0, 0.1) is 23.7 Å². The zero-order valence-electron chi connectivity index (χ0n) is 13.8. The third-order valence-corrected chi connectivity index (χ3v) is 3.68. The summed E-state index contributed by atoms with van der Waals surface area (Å²) < 4.78 is 5.51. The normalized spacial score (nSPS) is 11.0. The number of carboxylic acids is 1. The van der Waals surface area contributed by atoms with Gasteiger partial charge in [-0.05, 0) is 48.4 Å². The lowest BCUT2D eigenvalue weighted by Gasteiger charge is -2.20. The standard InChI is InChI=1S/C20H18N2O3/c1-3-11-25-18-10-7-14(4-2)12-17(18)19(20(23)24)22-16-8-5-15(13-21)6-9-16/h1,5-10,12,19,22H,4,11H2,2H3,(H,23,24). The summed E-state index contributed by atoms with van der Waals surface area (Å²) >= 11 is 0. The van der Waals surface area contributed by atoms with Crippen LogP contribution in [-0.4, -0.2) is 17.7 Å². The second-order valence-corrected chi connectivity index (χ2v) is 5.32. The third-order valence-electron chi connectivity index (χ3n) is 3.68. The molecule has 0 bridgehead atoms. The molecule has 0 aliphatic heterocycles. The maximum atomic E-state index is 11.8. The number of hydrogen-bond acceptors (Lipinski definition) is 4. The topological polar surface area (TPSA) is 82.3 Å². The minimum atomic E-state index is -1.04. The predicted octanol–water partition coefficient (Wildman–Crippen LogP) is 3.37. The Kier molecular flexibility index (Phi) is 6.03. The third kappa shape index (κ3) is 4.53. The Morgan fingerprint density at radius 1 is 1.32 bits per heavy atom. The molecule has 0 fully saturated rings. The van der Waals surface area contributed by atoms with Gasteiger partial charge >= 0.3 is 5.97 Å². The quantitative estimate of drug-likeness (QED) is 0.759. The molecule has 5 heteroatoms. The minimum absolute atomic E-state index is 0.0572. The van der Waals surface area contributed by atoms with Crippen molar-refractivity contribution in [2.75, 3.05) is 11.9 Å². The van der Waals surface area contributed by atoms with E-state index in [1.807, 2.05) is 19.1 Å². The molecular weight excluding hydrogens is 316 g/mol. The van der Waals surface area contributed by atoms with Crippen LogP contribution in [0.4, 0.5) is 5.69 Å². The number of hydrogen-bond donors (Lipinski definition) is 2. The fraction of sp³-hybridized carbons (Fsp3) is 0.200. The zero-order valence-corrected chi connectivity index (χ0v) is 13.8. The van der Waals surface area contributed by atoms with Crippen LogP contribution in [0.1, 0.15) is 29.7 Å². The molecule has 2 N–H and O–H groups in total. The maximum Gasteiger partial charge on any atom is 0.330 e. The number of carboxylic acid groups (broad SMARTS) is 1. The fourth-order valence-electron chi connectivity index (χ4n) is 2.37. The molecule has 2 rings (SSSR count). The smallest absolute Gasteiger partial charge is 0.330 e. The van der Waals surface area contributed by atoms with Crippen molar-refractivity contribution in [2.24, 2.45) is 0 Å². The van der Waals surface area contributed by atoms with E-state index in [9.17, 15) is 9.90 Å². The van der Waals surface area contributed by atoms with Gasteiger partial charge in [0.1, 0.15) is 12.4 Å². The van der Waals surface area contributed by atoms with E-state index < -0.39 is 12.0 Å². The van der Waals surface area contributed by atoms with E-state index in [1.54, 1.807) is 36.4 Å². The summed E-state index contributed by atoms with van der Waals surface area (Å²) in [4.78, 5) is 11.8. The summed E-state index contributed by atoms with van der Waals surface area (Å²) in [7, 11) is 0. The zero-order chi connectivity index (χ0) is 18.2. The molecule has 1 unspecified atom stereocenters. The first kappa shape index (κ1) is 17.9. The average Bonchev–Trinajstić information content (AvgIpc) is 2.64. The molecule has 0 amide bonds. The highest BCUT2D eigenvalue weighted by Crippen LogP contribution is 2.30. The average molecular weight is 334 g/mol. The van der Waals surface area contributed by atoms with Gasteiger partial charge in [-0.2, -0.15) is 5.26 Å². The largest absolute Gasteiger partial charge is 0.481 e. The minimum Gasteiger partial charge on any atom is -0.481 e. The second kappa shape index (κ2) is 8.42. The van der Waals surface area contributed by atoms with E-state index in [-0.39, 0.29) is 6.61 Å². The van der Waals surface area contributed by atoms with E-state index in [0.29, 0.717) is 22.6 Å². The highest BCUT2D eigenvalue weighted by Gasteiger charge is 2.24. The van der Waals surface area contributed by atoms with Crippen molar-refractivity contribution in [2.45, 2.75) is 19.4 Å². The Morgan fingerprint density at radius 2 is 2.04 bits per heavy atom. The van der Waals surface area contributed by atoms with E-state index in [0.717, 1.165) is 12.0 Å². The van der Waals surface area contributed by atoms with Gasteiger partial charge in [0.25, 0.3) is 0 Å². The van der Waals surface area contributed by atoms with Gasteiger partial charge in [-0.15, -0.1) is 6.42 Å². The molecular formula is C20H18N2O3. The molecule has 0 saturated heterocycles. The van der Waals surface area contributed by atoms with Gasteiger partial charge in [-0.1, -0.05) is 18.9 Å². The highest BCUT2D eigenvalue weighted by atomic mass is 16.5. The number of nitrogens with zero attached hydrogens (tertiary/aromatic N) is 1. The monoisotopic (exact) mass is 334 g/mol. The summed E-state index contributed by atoms with van der Waals surface area (Å²) in [5.41, 5.74) is 2.60. The van der Waals surface area contributed by atoms with Gasteiger partial charge in [-0.3, -0.25) is 0 Å². The van der Waals surface area contributed by atoms with Crippen LogP contribution < -0.4 is 10.1 Å². The van der Waals surface area contributed by atoms with Gasteiger partial charge < -0.3 is 15.2 Å². The van der Waals surface area contributed by atoms with Crippen molar-refractivity contribution in [1.82, 2.24) is 0 Å². The Morgan fingerprint density at radius 3 is 2.60 bits per heavy atom. The molecule has 0 radical (unpaired) electrons. The number of anilines is 1. The Hall–Kier alpha value is -3.44. The van der Waals surface area contributed by atoms with Gasteiger partial charge in [0.15, 0.2) is 6.04 Å². The Labute approximate surface area is 146 Å². The molecule has 1 atom stereocenters. The molecule has 0 aliphatic rings. The summed E-state index contributed by atoms with van der Waals surface area (Å²) in [6.45, 7) is 2.05. The van der Waals surface area contributed by atoms with E-state index in [1.165, 1.54) is 0 Å². The van der Waals surface area contributed by atoms with Crippen molar-refractivity contribution in [3.05, 3.63) is 59.2 Å². The first-order valence-corrected chi connectivity index (χ1v) is 7.77. The number of nitrogens with one attached hydrogen (secondary N) is 1.